The summed E-state index contributed by atoms with van der Waals surface area (Å²) >= 11 is 3.12. The second-order valence-corrected chi connectivity index (χ2v) is 9.93. The Labute approximate surface area is 208 Å². The van der Waals surface area contributed by atoms with Gasteiger partial charge in [-0.05, 0) is 47.2 Å². The SMILES string of the molecule is CSc1ccc2c(n1)C=C(c1ccc(CNCCc3nnc(N)s3)cc1)N(c1ccccc1)C2. The molecule has 0 fully saturated rings. The predicted molar refractivity (Wildman–Crippen MR) is 143 cm³/mol. The van der Waals surface area contributed by atoms with Crippen LogP contribution in [0.3, 0.4) is 0 Å². The van der Waals surface area contributed by atoms with Crippen LogP contribution in [0.5, 0.6) is 0 Å². The summed E-state index contributed by atoms with van der Waals surface area (Å²) in [7, 11) is 0. The molecule has 3 N–H and O–H groups in total. The fourth-order valence-electron chi connectivity index (χ4n) is 3.99. The van der Waals surface area contributed by atoms with Gasteiger partial charge in [0.25, 0.3) is 0 Å². The molecule has 5 rings (SSSR count). The number of nitrogens with one attached hydrogen (secondary N) is 1. The molecule has 0 saturated heterocycles. The van der Waals surface area contributed by atoms with Crippen molar-refractivity contribution >= 4 is 45.7 Å². The van der Waals surface area contributed by atoms with E-state index in [1.807, 2.05) is 0 Å². The lowest BCUT2D eigenvalue weighted by atomic mass is 10.00. The van der Waals surface area contributed by atoms with E-state index >= 15 is 0 Å². The number of benzene rings is 2. The average molecular weight is 487 g/mol. The minimum Gasteiger partial charge on any atom is -0.374 e. The molecule has 8 heteroatoms. The number of nitrogens with zero attached hydrogens (tertiary/aromatic N) is 4. The van der Waals surface area contributed by atoms with Crippen molar-refractivity contribution in [1.82, 2.24) is 20.5 Å². The number of nitrogen functional groups attached to an aromatic ring is 1. The summed E-state index contributed by atoms with van der Waals surface area (Å²) in [6.45, 7) is 2.44. The van der Waals surface area contributed by atoms with Crippen LogP contribution in [0, 0.1) is 0 Å². The van der Waals surface area contributed by atoms with E-state index in [0.717, 1.165) is 47.5 Å². The number of pyridine rings is 1. The molecule has 0 unspecified atom stereocenters. The number of aromatic nitrogens is 3. The Morgan fingerprint density at radius 1 is 1.03 bits per heavy atom. The van der Waals surface area contributed by atoms with Crippen LogP contribution in [0.15, 0.2) is 71.8 Å². The van der Waals surface area contributed by atoms with Crippen LogP contribution in [-0.2, 0) is 19.5 Å². The first-order valence-corrected chi connectivity index (χ1v) is 13.2. The topological polar surface area (TPSA) is 80.0 Å². The zero-order valence-corrected chi connectivity index (χ0v) is 20.6. The molecule has 6 nitrogen and oxygen atoms in total. The lowest BCUT2D eigenvalue weighted by Gasteiger charge is -2.32. The van der Waals surface area contributed by atoms with Crippen LogP contribution in [0.1, 0.15) is 27.4 Å². The van der Waals surface area contributed by atoms with Crippen LogP contribution in [-0.4, -0.2) is 28.0 Å². The first-order chi connectivity index (χ1) is 16.7. The molecule has 0 saturated carbocycles. The molecule has 4 aromatic rings. The summed E-state index contributed by atoms with van der Waals surface area (Å²) in [6, 6.07) is 23.6. The van der Waals surface area contributed by atoms with Gasteiger partial charge in [0.1, 0.15) is 5.01 Å². The lowest BCUT2D eigenvalue weighted by Crippen LogP contribution is -2.25. The molecule has 3 heterocycles. The van der Waals surface area contributed by atoms with Gasteiger partial charge in [-0.3, -0.25) is 0 Å². The number of nitrogens with two attached hydrogens (primary N) is 1. The van der Waals surface area contributed by atoms with Crippen molar-refractivity contribution in [2.75, 3.05) is 23.4 Å². The van der Waals surface area contributed by atoms with Crippen LogP contribution in [0.2, 0.25) is 0 Å². The number of para-hydroxylation sites is 1. The molecule has 0 amide bonds. The number of hydrogen-bond donors (Lipinski definition) is 2. The number of rotatable bonds is 8. The fraction of sp³-hybridized carbons (Fsp3) is 0.192. The molecule has 34 heavy (non-hydrogen) atoms. The van der Waals surface area contributed by atoms with Crippen molar-refractivity contribution in [3.8, 4) is 0 Å². The van der Waals surface area contributed by atoms with Gasteiger partial charge < -0.3 is 16.0 Å². The highest BCUT2D eigenvalue weighted by Crippen LogP contribution is 2.35. The fourth-order valence-corrected chi connectivity index (χ4v) is 4.99. The third-order valence-corrected chi connectivity index (χ3v) is 7.19. The average Bonchev–Trinajstić information content (AvgIpc) is 3.31. The monoisotopic (exact) mass is 486 g/mol. The van der Waals surface area contributed by atoms with E-state index in [0.29, 0.717) is 5.13 Å². The van der Waals surface area contributed by atoms with Crippen molar-refractivity contribution in [3.63, 3.8) is 0 Å². The van der Waals surface area contributed by atoms with Gasteiger partial charge in [0.05, 0.1) is 23.0 Å². The molecule has 2 aromatic carbocycles. The molecule has 1 aliphatic rings. The van der Waals surface area contributed by atoms with Gasteiger partial charge in [-0.2, -0.15) is 0 Å². The molecule has 0 spiro atoms. The van der Waals surface area contributed by atoms with Gasteiger partial charge in [-0.25, -0.2) is 4.98 Å². The van der Waals surface area contributed by atoms with E-state index < -0.39 is 0 Å². The van der Waals surface area contributed by atoms with Gasteiger partial charge in [0.15, 0.2) is 0 Å². The predicted octanol–water partition coefficient (Wildman–Crippen LogP) is 5.09. The Bertz CT molecular complexity index is 1280. The molecular weight excluding hydrogens is 460 g/mol. The van der Waals surface area contributed by atoms with Gasteiger partial charge >= 0.3 is 0 Å². The molecule has 2 aromatic heterocycles. The minimum absolute atomic E-state index is 0.523. The Morgan fingerprint density at radius 2 is 1.85 bits per heavy atom. The molecule has 0 aliphatic carbocycles. The van der Waals surface area contributed by atoms with Crippen LogP contribution in [0.25, 0.3) is 11.8 Å². The highest BCUT2D eigenvalue weighted by Gasteiger charge is 2.22. The van der Waals surface area contributed by atoms with Crippen molar-refractivity contribution < 1.29 is 0 Å². The highest BCUT2D eigenvalue weighted by molar-refractivity contribution is 7.98. The van der Waals surface area contributed by atoms with E-state index in [1.165, 1.54) is 33.7 Å². The maximum absolute atomic E-state index is 5.65. The maximum atomic E-state index is 5.65. The first-order valence-electron chi connectivity index (χ1n) is 11.2. The lowest BCUT2D eigenvalue weighted by molar-refractivity contribution is 0.682. The zero-order valence-electron chi connectivity index (χ0n) is 18.9. The molecular formula is C26H26N6S2. The van der Waals surface area contributed by atoms with E-state index in [-0.39, 0.29) is 0 Å². The van der Waals surface area contributed by atoms with Crippen molar-refractivity contribution in [2.24, 2.45) is 0 Å². The van der Waals surface area contributed by atoms with E-state index in [4.69, 9.17) is 10.7 Å². The van der Waals surface area contributed by atoms with Crippen LogP contribution in [0.4, 0.5) is 10.8 Å². The summed E-state index contributed by atoms with van der Waals surface area (Å²) in [6.07, 6.45) is 5.11. The van der Waals surface area contributed by atoms with Gasteiger partial charge in [-0.15, -0.1) is 22.0 Å². The third kappa shape index (κ3) is 5.14. The Morgan fingerprint density at radius 3 is 2.59 bits per heavy atom. The van der Waals surface area contributed by atoms with Crippen LogP contribution < -0.4 is 16.0 Å². The number of hydrogen-bond acceptors (Lipinski definition) is 8. The summed E-state index contributed by atoms with van der Waals surface area (Å²) in [5.41, 5.74) is 12.7. The zero-order chi connectivity index (χ0) is 23.3. The van der Waals surface area contributed by atoms with Crippen molar-refractivity contribution in [1.29, 1.82) is 0 Å². The quantitative estimate of drug-likeness (QED) is 0.265. The normalized spacial score (nSPS) is 13.0. The number of fused-ring (bicyclic) bond motifs is 1. The van der Waals surface area contributed by atoms with Gasteiger partial charge in [0, 0.05) is 25.2 Å². The smallest absolute Gasteiger partial charge is 0.203 e. The van der Waals surface area contributed by atoms with Crippen LogP contribution >= 0.6 is 23.1 Å². The van der Waals surface area contributed by atoms with Gasteiger partial charge in [0.2, 0.25) is 5.13 Å². The minimum atomic E-state index is 0.523. The molecule has 0 bridgehead atoms. The summed E-state index contributed by atoms with van der Waals surface area (Å²) in [4.78, 5) is 7.23. The Hall–Kier alpha value is -3.20. The second kappa shape index (κ2) is 10.4. The number of thioether (sulfide) groups is 1. The summed E-state index contributed by atoms with van der Waals surface area (Å²) < 4.78 is 0. The summed E-state index contributed by atoms with van der Waals surface area (Å²) in [5, 5.41) is 13.9. The molecule has 1 aliphatic heterocycles. The molecule has 0 radical (unpaired) electrons. The Kier molecular flexibility index (Phi) is 6.89. The third-order valence-electron chi connectivity index (χ3n) is 5.73. The van der Waals surface area contributed by atoms with E-state index in [1.54, 1.807) is 11.8 Å². The molecule has 0 atom stereocenters. The molecule has 172 valence electrons. The standard InChI is InChI=1S/C26H26N6S2/c1-33-24-12-11-20-17-32(21-5-3-2-4-6-21)23(15-22(20)29-24)19-9-7-18(8-10-19)16-28-14-13-25-30-31-26(27)34-25/h2-12,15,28H,13-14,16-17H2,1H3,(H2,27,31). The second-order valence-electron chi connectivity index (χ2n) is 8.01. The highest BCUT2D eigenvalue weighted by atomic mass is 32.2. The van der Waals surface area contributed by atoms with E-state index in [9.17, 15) is 0 Å². The van der Waals surface area contributed by atoms with Crippen molar-refractivity contribution in [3.05, 3.63) is 94.1 Å². The number of anilines is 2. The maximum Gasteiger partial charge on any atom is 0.203 e. The Balaban J connectivity index is 1.34. The van der Waals surface area contributed by atoms with Gasteiger partial charge in [-0.1, -0.05) is 59.9 Å². The summed E-state index contributed by atoms with van der Waals surface area (Å²) in [5.74, 6) is 0. The van der Waals surface area contributed by atoms with Crippen molar-refractivity contribution in [2.45, 2.75) is 24.5 Å². The first kappa shape index (κ1) is 22.6. The van der Waals surface area contributed by atoms with E-state index in [2.05, 4.69) is 99.5 Å². The largest absolute Gasteiger partial charge is 0.374 e.